The van der Waals surface area contributed by atoms with Gasteiger partial charge in [-0.05, 0) is 18.6 Å². The normalized spacial score (nSPS) is 22.2. The van der Waals surface area contributed by atoms with E-state index in [-0.39, 0.29) is 34.9 Å². The summed E-state index contributed by atoms with van der Waals surface area (Å²) in [5, 5.41) is 0.460. The Morgan fingerprint density at radius 1 is 1.16 bits per heavy atom. The molecular formula is C16H15N3O4S2. The smallest absolute Gasteiger partial charge is 0.273 e. The molecule has 0 bridgehead atoms. The van der Waals surface area contributed by atoms with E-state index < -0.39 is 16.1 Å². The summed E-state index contributed by atoms with van der Waals surface area (Å²) in [6, 6.07) is 8.22. The predicted molar refractivity (Wildman–Crippen MR) is 93.6 cm³/mol. The van der Waals surface area contributed by atoms with Crippen LogP contribution in [0.4, 0.5) is 4.79 Å². The van der Waals surface area contributed by atoms with Crippen molar-refractivity contribution in [3.63, 3.8) is 0 Å². The minimum absolute atomic E-state index is 0.129. The Morgan fingerprint density at radius 2 is 1.96 bits per heavy atom. The summed E-state index contributed by atoms with van der Waals surface area (Å²) in [4.78, 5) is 29.3. The second kappa shape index (κ2) is 6.08. The first-order valence-electron chi connectivity index (χ1n) is 7.81. The van der Waals surface area contributed by atoms with Gasteiger partial charge in [0.05, 0.1) is 17.3 Å². The van der Waals surface area contributed by atoms with Crippen LogP contribution in [0.1, 0.15) is 6.42 Å². The molecule has 2 aromatic rings. The van der Waals surface area contributed by atoms with Crippen molar-refractivity contribution in [3.05, 3.63) is 36.5 Å². The highest BCUT2D eigenvalue weighted by atomic mass is 32.2. The van der Waals surface area contributed by atoms with Crippen LogP contribution >= 0.6 is 11.8 Å². The SMILES string of the molecule is O=C1CSC(=O)N1C1CCN(S(=O)(=O)c2cccc3cccnc23)C1. The summed E-state index contributed by atoms with van der Waals surface area (Å²) < 4.78 is 27.5. The van der Waals surface area contributed by atoms with Crippen LogP contribution in [0.15, 0.2) is 41.4 Å². The molecule has 130 valence electrons. The lowest BCUT2D eigenvalue weighted by Gasteiger charge is -2.22. The Morgan fingerprint density at radius 3 is 2.72 bits per heavy atom. The Bertz CT molecular complexity index is 955. The summed E-state index contributed by atoms with van der Waals surface area (Å²) in [5.74, 6) is -0.110. The van der Waals surface area contributed by atoms with Crippen molar-refractivity contribution in [2.45, 2.75) is 17.4 Å². The maximum absolute atomic E-state index is 13.1. The van der Waals surface area contributed by atoms with Crippen LogP contribution in [0.5, 0.6) is 0 Å². The predicted octanol–water partition coefficient (Wildman–Crippen LogP) is 1.69. The lowest BCUT2D eigenvalue weighted by atomic mass is 10.2. The molecule has 1 unspecified atom stereocenters. The number of carbonyl (C=O) groups excluding carboxylic acids is 2. The Hall–Kier alpha value is -1.97. The molecule has 1 atom stereocenters. The van der Waals surface area contributed by atoms with Crippen LogP contribution in [0.3, 0.4) is 0 Å². The van der Waals surface area contributed by atoms with Crippen molar-refractivity contribution < 1.29 is 18.0 Å². The molecule has 0 N–H and O–H groups in total. The maximum atomic E-state index is 13.1. The van der Waals surface area contributed by atoms with Gasteiger partial charge < -0.3 is 0 Å². The molecule has 0 spiro atoms. The third kappa shape index (κ3) is 2.72. The monoisotopic (exact) mass is 377 g/mol. The lowest BCUT2D eigenvalue weighted by Crippen LogP contribution is -2.41. The molecule has 25 heavy (non-hydrogen) atoms. The topological polar surface area (TPSA) is 87.7 Å². The number of thioether (sulfide) groups is 1. The van der Waals surface area contributed by atoms with Crippen molar-refractivity contribution in [3.8, 4) is 0 Å². The maximum Gasteiger partial charge on any atom is 0.289 e. The summed E-state index contributed by atoms with van der Waals surface area (Å²) in [5.41, 5.74) is 0.428. The van der Waals surface area contributed by atoms with Crippen LogP contribution < -0.4 is 0 Å². The van der Waals surface area contributed by atoms with Crippen LogP contribution in [0.2, 0.25) is 0 Å². The first-order valence-corrected chi connectivity index (χ1v) is 10.2. The molecule has 2 fully saturated rings. The molecule has 2 aliphatic heterocycles. The van der Waals surface area contributed by atoms with Crippen molar-refractivity contribution in [1.29, 1.82) is 0 Å². The second-order valence-electron chi connectivity index (χ2n) is 5.96. The number of fused-ring (bicyclic) bond motifs is 1. The third-order valence-corrected chi connectivity index (χ3v) is 7.22. The van der Waals surface area contributed by atoms with E-state index in [1.165, 1.54) is 9.21 Å². The Balaban J connectivity index is 1.65. The number of aromatic nitrogens is 1. The number of carbonyl (C=O) groups is 2. The summed E-state index contributed by atoms with van der Waals surface area (Å²) >= 11 is 0.967. The van der Waals surface area contributed by atoms with Crippen molar-refractivity contribution in [2.75, 3.05) is 18.8 Å². The highest BCUT2D eigenvalue weighted by Crippen LogP contribution is 2.30. The zero-order chi connectivity index (χ0) is 17.6. The highest BCUT2D eigenvalue weighted by Gasteiger charge is 2.42. The quantitative estimate of drug-likeness (QED) is 0.809. The van der Waals surface area contributed by atoms with Gasteiger partial charge in [-0.25, -0.2) is 8.42 Å². The van der Waals surface area contributed by atoms with Gasteiger partial charge in [0.25, 0.3) is 5.24 Å². The van der Waals surface area contributed by atoms with Crippen molar-refractivity contribution in [1.82, 2.24) is 14.2 Å². The zero-order valence-corrected chi connectivity index (χ0v) is 14.8. The van der Waals surface area contributed by atoms with E-state index in [1.54, 1.807) is 24.4 Å². The molecule has 1 aromatic carbocycles. The van der Waals surface area contributed by atoms with E-state index in [9.17, 15) is 18.0 Å². The Labute approximate surface area is 149 Å². The molecule has 0 aliphatic carbocycles. The van der Waals surface area contributed by atoms with Gasteiger partial charge in [-0.3, -0.25) is 19.5 Å². The second-order valence-corrected chi connectivity index (χ2v) is 8.79. The number of imide groups is 1. The Kier molecular flexibility index (Phi) is 4.01. The summed E-state index contributed by atoms with van der Waals surface area (Å²) in [6.45, 7) is 0.404. The van der Waals surface area contributed by atoms with Gasteiger partial charge in [-0.1, -0.05) is 30.0 Å². The van der Waals surface area contributed by atoms with Crippen LogP contribution in [0.25, 0.3) is 10.9 Å². The largest absolute Gasteiger partial charge is 0.289 e. The minimum Gasteiger partial charge on any atom is -0.273 e. The van der Waals surface area contributed by atoms with Gasteiger partial charge in [0, 0.05) is 24.7 Å². The molecule has 2 amide bonds. The highest BCUT2D eigenvalue weighted by molar-refractivity contribution is 8.14. The number of hydrogen-bond donors (Lipinski definition) is 0. The first-order chi connectivity index (χ1) is 12.0. The molecule has 0 radical (unpaired) electrons. The molecule has 4 rings (SSSR count). The lowest BCUT2D eigenvalue weighted by molar-refractivity contribution is -0.126. The van der Waals surface area contributed by atoms with Gasteiger partial charge in [-0.2, -0.15) is 4.31 Å². The van der Waals surface area contributed by atoms with Crippen LogP contribution in [0, 0.1) is 0 Å². The minimum atomic E-state index is -3.75. The average Bonchev–Trinajstić information content (AvgIpc) is 3.21. The fourth-order valence-electron chi connectivity index (χ4n) is 3.28. The van der Waals surface area contributed by atoms with Gasteiger partial charge in [0.15, 0.2) is 0 Å². The molecule has 2 saturated heterocycles. The van der Waals surface area contributed by atoms with E-state index in [4.69, 9.17) is 0 Å². The molecular weight excluding hydrogens is 362 g/mol. The van der Waals surface area contributed by atoms with Crippen molar-refractivity contribution in [2.24, 2.45) is 0 Å². The molecule has 2 aliphatic rings. The van der Waals surface area contributed by atoms with E-state index in [2.05, 4.69) is 4.98 Å². The van der Waals surface area contributed by atoms with Gasteiger partial charge in [0.2, 0.25) is 15.9 Å². The molecule has 0 saturated carbocycles. The number of nitrogens with zero attached hydrogens (tertiary/aromatic N) is 3. The fourth-order valence-corrected chi connectivity index (χ4v) is 5.71. The zero-order valence-electron chi connectivity index (χ0n) is 13.2. The van der Waals surface area contributed by atoms with Crippen LogP contribution in [-0.4, -0.2) is 58.6 Å². The van der Waals surface area contributed by atoms with Gasteiger partial charge in [0.1, 0.15) is 4.90 Å². The summed E-state index contributed by atoms with van der Waals surface area (Å²) in [6.07, 6.45) is 2.02. The third-order valence-electron chi connectivity index (χ3n) is 4.49. The number of amides is 2. The molecule has 1 aromatic heterocycles. The number of hydrogen-bond acceptors (Lipinski definition) is 6. The van der Waals surface area contributed by atoms with Crippen molar-refractivity contribution >= 4 is 43.8 Å². The van der Waals surface area contributed by atoms with E-state index in [0.717, 1.165) is 17.1 Å². The molecule has 9 heteroatoms. The number of benzene rings is 1. The number of pyridine rings is 1. The van der Waals surface area contributed by atoms with E-state index >= 15 is 0 Å². The molecule has 3 heterocycles. The number of para-hydroxylation sites is 1. The number of rotatable bonds is 3. The van der Waals surface area contributed by atoms with Gasteiger partial charge in [-0.15, -0.1) is 0 Å². The van der Waals surface area contributed by atoms with E-state index in [1.807, 2.05) is 12.1 Å². The van der Waals surface area contributed by atoms with Crippen LogP contribution in [-0.2, 0) is 14.8 Å². The number of sulfonamides is 1. The first kappa shape index (κ1) is 16.5. The van der Waals surface area contributed by atoms with E-state index in [0.29, 0.717) is 11.9 Å². The molecule has 7 nitrogen and oxygen atoms in total. The van der Waals surface area contributed by atoms with Gasteiger partial charge >= 0.3 is 0 Å². The summed E-state index contributed by atoms with van der Waals surface area (Å²) in [7, 11) is -3.75. The average molecular weight is 377 g/mol. The fraction of sp³-hybridized carbons (Fsp3) is 0.312. The standard InChI is InChI=1S/C16H15N3O4S2/c20-14-10-24-16(21)19(14)12-6-8-18(9-12)25(22,23)13-5-1-3-11-4-2-7-17-15(11)13/h1-5,7,12H,6,8-10H2.